The van der Waals surface area contributed by atoms with E-state index in [0.29, 0.717) is 34.7 Å². The van der Waals surface area contributed by atoms with Crippen molar-refractivity contribution in [2.45, 2.75) is 78.7 Å². The van der Waals surface area contributed by atoms with Crippen molar-refractivity contribution in [2.24, 2.45) is 5.16 Å². The molecule has 1 atom stereocenters. The van der Waals surface area contributed by atoms with E-state index in [-0.39, 0.29) is 18.6 Å². The molecule has 7 heteroatoms. The topological polar surface area (TPSA) is 68.2 Å². The zero-order chi connectivity index (χ0) is 25.4. The van der Waals surface area contributed by atoms with Gasteiger partial charge >= 0.3 is 5.97 Å². The Bertz CT molecular complexity index is 1020. The lowest BCUT2D eigenvalue weighted by molar-refractivity contribution is -0.137. The van der Waals surface area contributed by atoms with Crippen LogP contribution < -0.4 is 0 Å². The summed E-state index contributed by atoms with van der Waals surface area (Å²) in [6.45, 7) is 9.19. The first-order valence-corrected chi connectivity index (χ1v) is 12.9. The summed E-state index contributed by atoms with van der Waals surface area (Å²) in [7, 11) is 0. The zero-order valence-corrected chi connectivity index (χ0v) is 22.1. The number of esters is 1. The van der Waals surface area contributed by atoms with Gasteiger partial charge in [-0.05, 0) is 82.6 Å². The number of aryl methyl sites for hydroxylation is 2. The van der Waals surface area contributed by atoms with E-state index in [4.69, 9.17) is 21.2 Å². The van der Waals surface area contributed by atoms with Gasteiger partial charge in [0, 0.05) is 31.0 Å². The number of halogens is 1. The maximum Gasteiger partial charge on any atom is 0.339 e. The van der Waals surface area contributed by atoms with Crippen LogP contribution in [0.1, 0.15) is 79.4 Å². The zero-order valence-electron chi connectivity index (χ0n) is 21.4. The van der Waals surface area contributed by atoms with Crippen molar-refractivity contribution >= 4 is 29.2 Å². The molecule has 0 spiro atoms. The highest BCUT2D eigenvalue weighted by Crippen LogP contribution is 2.30. The molecule has 1 amide bonds. The molecule has 190 valence electrons. The highest BCUT2D eigenvalue weighted by atomic mass is 35.5. The molecular weight excluding hydrogens is 464 g/mol. The summed E-state index contributed by atoms with van der Waals surface area (Å²) in [4.78, 5) is 33.1. The van der Waals surface area contributed by atoms with Crippen LogP contribution in [-0.4, -0.2) is 48.3 Å². The predicted octanol–water partition coefficient (Wildman–Crippen LogP) is 6.12. The minimum absolute atomic E-state index is 0.0523. The molecule has 0 aromatic heterocycles. The van der Waals surface area contributed by atoms with Gasteiger partial charge in [0.2, 0.25) is 0 Å². The molecule has 2 aliphatic rings. The second-order valence-electron chi connectivity index (χ2n) is 9.60. The SMILES string of the molecule is C/C1=C\C(=N/OCC(=O)N2CCCCC2)Cc2c(Cl)c(C)cc(C)c2C(=O)O[C@H](C)C/C=C/CC1. The van der Waals surface area contributed by atoms with Crippen LogP contribution >= 0.6 is 11.6 Å². The Kier molecular flexibility index (Phi) is 9.96. The minimum Gasteiger partial charge on any atom is -0.459 e. The van der Waals surface area contributed by atoms with Gasteiger partial charge in [0.15, 0.2) is 6.61 Å². The van der Waals surface area contributed by atoms with Crippen LogP contribution in [0.15, 0.2) is 35.0 Å². The Morgan fingerprint density at radius 1 is 1.17 bits per heavy atom. The van der Waals surface area contributed by atoms with E-state index in [9.17, 15) is 9.59 Å². The van der Waals surface area contributed by atoms with Crippen LogP contribution in [0, 0.1) is 13.8 Å². The largest absolute Gasteiger partial charge is 0.459 e. The molecule has 0 aliphatic carbocycles. The van der Waals surface area contributed by atoms with Gasteiger partial charge < -0.3 is 14.5 Å². The summed E-state index contributed by atoms with van der Waals surface area (Å²) >= 11 is 6.73. The number of oxime groups is 1. The molecule has 1 aromatic rings. The number of carbonyl (C=O) groups excluding carboxylic acids is 2. The first-order chi connectivity index (χ1) is 16.8. The maximum atomic E-state index is 13.2. The predicted molar refractivity (Wildman–Crippen MR) is 140 cm³/mol. The van der Waals surface area contributed by atoms with Crippen LogP contribution in [0.2, 0.25) is 5.02 Å². The third-order valence-corrected chi connectivity index (χ3v) is 6.97. The monoisotopic (exact) mass is 500 g/mol. The number of hydrogen-bond acceptors (Lipinski definition) is 5. The Labute approximate surface area is 214 Å². The number of amides is 1. The van der Waals surface area contributed by atoms with Crippen LogP contribution in [0.3, 0.4) is 0 Å². The number of cyclic esters (lactones) is 1. The molecule has 35 heavy (non-hydrogen) atoms. The normalized spacial score (nSPS) is 23.5. The highest BCUT2D eigenvalue weighted by Gasteiger charge is 2.23. The number of likely N-dealkylation sites (tertiary alicyclic amines) is 1. The second kappa shape index (κ2) is 12.9. The number of benzene rings is 1. The van der Waals surface area contributed by atoms with E-state index in [2.05, 4.69) is 24.2 Å². The van der Waals surface area contributed by atoms with Crippen molar-refractivity contribution in [3.8, 4) is 0 Å². The summed E-state index contributed by atoms with van der Waals surface area (Å²) in [5, 5.41) is 4.86. The lowest BCUT2D eigenvalue weighted by Crippen LogP contribution is -2.37. The van der Waals surface area contributed by atoms with Gasteiger partial charge in [0.25, 0.3) is 5.91 Å². The van der Waals surface area contributed by atoms with Gasteiger partial charge in [-0.3, -0.25) is 4.79 Å². The Hall–Kier alpha value is -2.60. The molecular formula is C28H37ClN2O4. The molecule has 0 unspecified atom stereocenters. The van der Waals surface area contributed by atoms with Crippen molar-refractivity contribution in [2.75, 3.05) is 19.7 Å². The number of ether oxygens (including phenoxy) is 1. The standard InChI is InChI=1S/C28H37ClN2O4/c1-19-11-7-5-8-12-22(4)35-28(33)26-20(2)16-21(3)27(29)24(26)17-23(15-19)30-34-18-25(32)31-13-9-6-10-14-31/h5,8,15-16,22H,6-7,9-14,17-18H2,1-4H3/b8-5+,19-15+,30-23+/t22-/m1/s1. The molecule has 3 rings (SSSR count). The average molecular weight is 501 g/mol. The first-order valence-electron chi connectivity index (χ1n) is 12.5. The van der Waals surface area contributed by atoms with Crippen molar-refractivity contribution in [3.05, 3.63) is 57.1 Å². The lowest BCUT2D eigenvalue weighted by atomic mass is 9.94. The van der Waals surface area contributed by atoms with Gasteiger partial charge in [-0.15, -0.1) is 0 Å². The fraction of sp³-hybridized carbons (Fsp3) is 0.536. The third-order valence-electron chi connectivity index (χ3n) is 6.44. The van der Waals surface area contributed by atoms with Crippen LogP contribution in [0.5, 0.6) is 0 Å². The van der Waals surface area contributed by atoms with Gasteiger partial charge in [-0.25, -0.2) is 4.79 Å². The Balaban J connectivity index is 1.93. The summed E-state index contributed by atoms with van der Waals surface area (Å²) in [5.41, 5.74) is 4.58. The van der Waals surface area contributed by atoms with Gasteiger partial charge in [0.05, 0.1) is 11.3 Å². The molecule has 1 aromatic carbocycles. The third kappa shape index (κ3) is 7.69. The number of nitrogens with zero attached hydrogens (tertiary/aromatic N) is 2. The van der Waals surface area contributed by atoms with Crippen molar-refractivity contribution in [3.63, 3.8) is 0 Å². The Morgan fingerprint density at radius 2 is 1.91 bits per heavy atom. The van der Waals surface area contributed by atoms with Crippen LogP contribution in [0.25, 0.3) is 0 Å². The molecule has 2 aliphatic heterocycles. The van der Waals surface area contributed by atoms with Gasteiger partial charge in [-0.1, -0.05) is 40.5 Å². The van der Waals surface area contributed by atoms with E-state index >= 15 is 0 Å². The van der Waals surface area contributed by atoms with E-state index in [1.165, 1.54) is 0 Å². The quantitative estimate of drug-likeness (QED) is 0.285. The molecule has 0 bridgehead atoms. The van der Waals surface area contributed by atoms with Gasteiger partial charge in [-0.2, -0.15) is 0 Å². The average Bonchev–Trinajstić information content (AvgIpc) is 2.81. The molecule has 2 heterocycles. The molecule has 0 saturated carbocycles. The number of hydrogen-bond donors (Lipinski definition) is 0. The van der Waals surface area contributed by atoms with E-state index in [0.717, 1.165) is 61.9 Å². The molecule has 1 fully saturated rings. The van der Waals surface area contributed by atoms with Gasteiger partial charge in [0.1, 0.15) is 6.10 Å². The van der Waals surface area contributed by atoms with Crippen LogP contribution in [-0.2, 0) is 20.8 Å². The minimum atomic E-state index is -0.390. The van der Waals surface area contributed by atoms with Crippen molar-refractivity contribution < 1.29 is 19.2 Å². The summed E-state index contributed by atoms with van der Waals surface area (Å²) in [6, 6.07) is 1.90. The number of fused-ring (bicyclic) bond motifs is 1. The number of carbonyl (C=O) groups is 2. The molecule has 6 nitrogen and oxygen atoms in total. The lowest BCUT2D eigenvalue weighted by Gasteiger charge is -2.26. The first kappa shape index (κ1) is 27.0. The summed E-state index contributed by atoms with van der Waals surface area (Å²) < 4.78 is 5.75. The number of piperidine rings is 1. The number of rotatable bonds is 3. The maximum absolute atomic E-state index is 13.2. The number of allylic oxidation sites excluding steroid dienone is 3. The van der Waals surface area contributed by atoms with Crippen LogP contribution in [0.4, 0.5) is 0 Å². The van der Waals surface area contributed by atoms with E-state index in [1.54, 1.807) is 0 Å². The molecule has 0 N–H and O–H groups in total. The smallest absolute Gasteiger partial charge is 0.339 e. The van der Waals surface area contributed by atoms with E-state index < -0.39 is 5.97 Å². The summed E-state index contributed by atoms with van der Waals surface area (Å²) in [5.74, 6) is -0.443. The highest BCUT2D eigenvalue weighted by molar-refractivity contribution is 6.33. The molecule has 0 radical (unpaired) electrons. The molecule has 1 saturated heterocycles. The fourth-order valence-corrected chi connectivity index (χ4v) is 4.77. The fourth-order valence-electron chi connectivity index (χ4n) is 4.56. The Morgan fingerprint density at radius 3 is 2.66 bits per heavy atom. The second-order valence-corrected chi connectivity index (χ2v) is 9.98. The van der Waals surface area contributed by atoms with E-state index in [1.807, 2.05) is 37.8 Å². The van der Waals surface area contributed by atoms with Crippen molar-refractivity contribution in [1.82, 2.24) is 4.90 Å². The summed E-state index contributed by atoms with van der Waals surface area (Å²) in [6.07, 6.45) is 11.8. The van der Waals surface area contributed by atoms with Crippen molar-refractivity contribution in [1.29, 1.82) is 0 Å².